The molecule has 0 saturated carbocycles. The third-order valence-electron chi connectivity index (χ3n) is 4.55. The zero-order valence-corrected chi connectivity index (χ0v) is 16.4. The number of aliphatic hydroxyl groups excluding tert-OH is 1. The number of nitrogens with zero attached hydrogens (tertiary/aromatic N) is 1. The van der Waals surface area contributed by atoms with Gasteiger partial charge in [0.1, 0.15) is 6.10 Å². The van der Waals surface area contributed by atoms with E-state index >= 15 is 0 Å². The summed E-state index contributed by atoms with van der Waals surface area (Å²) in [6, 6.07) is 11.9. The number of halogens is 1. The minimum absolute atomic E-state index is 0.154. The first-order valence-electron chi connectivity index (χ1n) is 8.59. The number of hydrogen-bond donors (Lipinski definition) is 2. The molecule has 0 saturated heterocycles. The highest BCUT2D eigenvalue weighted by Gasteiger charge is 2.25. The number of carbonyl (C=O) groups is 1. The van der Waals surface area contributed by atoms with Gasteiger partial charge in [-0.1, -0.05) is 29.8 Å². The lowest BCUT2D eigenvalue weighted by atomic mass is 9.99. The van der Waals surface area contributed by atoms with Gasteiger partial charge in [-0.2, -0.15) is 0 Å². The number of aliphatic hydroxyl groups is 1. The summed E-state index contributed by atoms with van der Waals surface area (Å²) in [5.41, 5.74) is 2.60. The average Bonchev–Trinajstić information content (AvgIpc) is 2.66. The van der Waals surface area contributed by atoms with Crippen LogP contribution in [0.15, 0.2) is 47.4 Å². The summed E-state index contributed by atoms with van der Waals surface area (Å²) < 4.78 is 27.8. The van der Waals surface area contributed by atoms with E-state index in [-0.39, 0.29) is 17.3 Å². The van der Waals surface area contributed by atoms with Crippen LogP contribution in [0.5, 0.6) is 0 Å². The summed E-state index contributed by atoms with van der Waals surface area (Å²) in [5, 5.41) is 10.1. The highest BCUT2D eigenvalue weighted by Crippen LogP contribution is 2.23. The molecule has 2 N–H and O–H groups in total. The van der Waals surface area contributed by atoms with Gasteiger partial charge in [0, 0.05) is 24.7 Å². The first-order valence-corrected chi connectivity index (χ1v) is 10.4. The minimum atomic E-state index is -3.69. The SMILES string of the molecule is C[C@H](O)C(=O)N1CCc2ccc(S(=O)(=O)NCc3ccc(Cl)cc3)cc2C1. The second-order valence-corrected chi connectivity index (χ2v) is 8.77. The van der Waals surface area contributed by atoms with Crippen molar-refractivity contribution in [1.82, 2.24) is 9.62 Å². The molecule has 0 aromatic heterocycles. The smallest absolute Gasteiger partial charge is 0.251 e. The van der Waals surface area contributed by atoms with Crippen LogP contribution in [0.3, 0.4) is 0 Å². The summed E-state index contributed by atoms with van der Waals surface area (Å²) in [6.45, 7) is 2.39. The molecule has 0 bridgehead atoms. The molecule has 2 aromatic rings. The van der Waals surface area contributed by atoms with Crippen LogP contribution >= 0.6 is 11.6 Å². The molecule has 27 heavy (non-hydrogen) atoms. The molecular weight excluding hydrogens is 388 g/mol. The monoisotopic (exact) mass is 408 g/mol. The Morgan fingerprint density at radius 2 is 1.93 bits per heavy atom. The Hall–Kier alpha value is -1.93. The van der Waals surface area contributed by atoms with Gasteiger partial charge in [-0.05, 0) is 54.3 Å². The average molecular weight is 409 g/mol. The van der Waals surface area contributed by atoms with E-state index in [0.29, 0.717) is 24.5 Å². The molecular formula is C19H21ClN2O4S. The van der Waals surface area contributed by atoms with Crippen LogP contribution in [0, 0.1) is 0 Å². The van der Waals surface area contributed by atoms with Crippen molar-refractivity contribution in [1.29, 1.82) is 0 Å². The van der Waals surface area contributed by atoms with Gasteiger partial charge in [-0.3, -0.25) is 4.79 Å². The zero-order valence-electron chi connectivity index (χ0n) is 14.9. The molecule has 0 fully saturated rings. The van der Waals surface area contributed by atoms with Crippen LogP contribution in [0.25, 0.3) is 0 Å². The van der Waals surface area contributed by atoms with Gasteiger partial charge in [-0.15, -0.1) is 0 Å². The predicted molar refractivity (Wildman–Crippen MR) is 103 cm³/mol. The molecule has 2 aromatic carbocycles. The third-order valence-corrected chi connectivity index (χ3v) is 6.20. The Balaban J connectivity index is 1.76. The maximum absolute atomic E-state index is 12.6. The van der Waals surface area contributed by atoms with E-state index in [4.69, 9.17) is 11.6 Å². The molecule has 6 nitrogen and oxygen atoms in total. The summed E-state index contributed by atoms with van der Waals surface area (Å²) in [4.78, 5) is 13.7. The van der Waals surface area contributed by atoms with Crippen molar-refractivity contribution < 1.29 is 18.3 Å². The largest absolute Gasteiger partial charge is 0.384 e. The third kappa shape index (κ3) is 4.68. The van der Waals surface area contributed by atoms with Crippen molar-refractivity contribution in [3.63, 3.8) is 0 Å². The molecule has 0 radical (unpaired) electrons. The number of carbonyl (C=O) groups excluding carboxylic acids is 1. The summed E-state index contributed by atoms with van der Waals surface area (Å²) in [5.74, 6) is -0.352. The van der Waals surface area contributed by atoms with Crippen molar-refractivity contribution >= 4 is 27.5 Å². The zero-order chi connectivity index (χ0) is 19.6. The van der Waals surface area contributed by atoms with Crippen molar-refractivity contribution in [2.45, 2.75) is 37.4 Å². The molecule has 0 aliphatic carbocycles. The lowest BCUT2D eigenvalue weighted by Crippen LogP contribution is -2.41. The van der Waals surface area contributed by atoms with E-state index < -0.39 is 16.1 Å². The highest BCUT2D eigenvalue weighted by molar-refractivity contribution is 7.89. The van der Waals surface area contributed by atoms with Crippen LogP contribution in [0.2, 0.25) is 5.02 Å². The quantitative estimate of drug-likeness (QED) is 0.793. The molecule has 0 unspecified atom stereocenters. The van der Waals surface area contributed by atoms with Crippen LogP contribution in [-0.2, 0) is 34.3 Å². The Morgan fingerprint density at radius 3 is 2.59 bits per heavy atom. The number of rotatable bonds is 5. The lowest BCUT2D eigenvalue weighted by Gasteiger charge is -2.30. The van der Waals surface area contributed by atoms with Gasteiger partial charge in [0.05, 0.1) is 4.90 Å². The van der Waals surface area contributed by atoms with Gasteiger partial charge >= 0.3 is 0 Å². The Labute approximate surface area is 163 Å². The Kier molecular flexibility index (Phi) is 5.86. The molecule has 1 amide bonds. The fraction of sp³-hybridized carbons (Fsp3) is 0.316. The topological polar surface area (TPSA) is 86.7 Å². The number of benzene rings is 2. The van der Waals surface area contributed by atoms with Gasteiger partial charge in [-0.25, -0.2) is 13.1 Å². The van der Waals surface area contributed by atoms with Gasteiger partial charge in [0.15, 0.2) is 0 Å². The van der Waals surface area contributed by atoms with Crippen LogP contribution in [-0.4, -0.2) is 37.0 Å². The normalized spacial score (nSPS) is 15.3. The maximum Gasteiger partial charge on any atom is 0.251 e. The summed E-state index contributed by atoms with van der Waals surface area (Å²) in [7, 11) is -3.69. The van der Waals surface area contributed by atoms with Crippen LogP contribution < -0.4 is 4.72 Å². The number of nitrogens with one attached hydrogen (secondary N) is 1. The Bertz CT molecular complexity index is 943. The number of hydrogen-bond acceptors (Lipinski definition) is 4. The molecule has 144 valence electrons. The lowest BCUT2D eigenvalue weighted by molar-refractivity contribution is -0.140. The molecule has 3 rings (SSSR count). The molecule has 0 spiro atoms. The van der Waals surface area contributed by atoms with E-state index in [1.165, 1.54) is 6.92 Å². The first-order chi connectivity index (χ1) is 12.8. The second-order valence-electron chi connectivity index (χ2n) is 6.57. The van der Waals surface area contributed by atoms with Crippen LogP contribution in [0.4, 0.5) is 0 Å². The van der Waals surface area contributed by atoms with Gasteiger partial charge in [0.25, 0.3) is 5.91 Å². The fourth-order valence-corrected chi connectivity index (χ4v) is 4.21. The van der Waals surface area contributed by atoms with E-state index in [1.807, 2.05) is 0 Å². The number of amides is 1. The van der Waals surface area contributed by atoms with Crippen molar-refractivity contribution in [2.24, 2.45) is 0 Å². The Morgan fingerprint density at radius 1 is 1.22 bits per heavy atom. The van der Waals surface area contributed by atoms with E-state index in [9.17, 15) is 18.3 Å². The number of sulfonamides is 1. The summed E-state index contributed by atoms with van der Waals surface area (Å²) in [6.07, 6.45) is -0.439. The molecule has 1 atom stereocenters. The van der Waals surface area contributed by atoms with Gasteiger partial charge in [0.2, 0.25) is 10.0 Å². The maximum atomic E-state index is 12.6. The van der Waals surface area contributed by atoms with Crippen LogP contribution in [0.1, 0.15) is 23.6 Å². The first kappa shape index (κ1) is 19.8. The minimum Gasteiger partial charge on any atom is -0.384 e. The standard InChI is InChI=1S/C19H21ClN2O4S/c1-13(23)19(24)22-9-8-15-4-7-18(10-16(15)12-22)27(25,26)21-11-14-2-5-17(20)6-3-14/h2-7,10,13,21,23H,8-9,11-12H2,1H3/t13-/m0/s1. The predicted octanol–water partition coefficient (Wildman–Crippen LogP) is 2.08. The van der Waals surface area contributed by atoms with Gasteiger partial charge < -0.3 is 10.0 Å². The van der Waals surface area contributed by atoms with Crippen molar-refractivity contribution in [3.05, 3.63) is 64.2 Å². The molecule has 1 aliphatic rings. The highest BCUT2D eigenvalue weighted by atomic mass is 35.5. The number of fused-ring (bicyclic) bond motifs is 1. The molecule has 1 aliphatic heterocycles. The molecule has 8 heteroatoms. The molecule has 1 heterocycles. The van der Waals surface area contributed by atoms with E-state index in [2.05, 4.69) is 4.72 Å². The van der Waals surface area contributed by atoms with Crippen molar-refractivity contribution in [2.75, 3.05) is 6.54 Å². The van der Waals surface area contributed by atoms with E-state index in [0.717, 1.165) is 16.7 Å². The fourth-order valence-electron chi connectivity index (χ4n) is 3.02. The summed E-state index contributed by atoms with van der Waals surface area (Å²) >= 11 is 5.84. The van der Waals surface area contributed by atoms with Crippen molar-refractivity contribution in [3.8, 4) is 0 Å². The van der Waals surface area contributed by atoms with E-state index in [1.54, 1.807) is 47.4 Å². The second kappa shape index (κ2) is 7.98.